The minimum absolute atomic E-state index is 0.00556. The molecule has 1 fully saturated rings. The van der Waals surface area contributed by atoms with Crippen molar-refractivity contribution in [3.8, 4) is 11.1 Å². The lowest BCUT2D eigenvalue weighted by Gasteiger charge is -2.45. The Bertz CT molecular complexity index is 1060. The minimum atomic E-state index is -0.823. The van der Waals surface area contributed by atoms with Gasteiger partial charge >= 0.3 is 12.1 Å². The van der Waals surface area contributed by atoms with Crippen molar-refractivity contribution in [2.75, 3.05) is 6.61 Å². The van der Waals surface area contributed by atoms with Gasteiger partial charge in [0.1, 0.15) is 6.61 Å². The van der Waals surface area contributed by atoms with Gasteiger partial charge in [-0.2, -0.15) is 0 Å². The monoisotopic (exact) mass is 419 g/mol. The Kier molecular flexibility index (Phi) is 4.59. The summed E-state index contributed by atoms with van der Waals surface area (Å²) in [4.78, 5) is 25.0. The number of carbonyl (C=O) groups is 2. The number of carboxylic acid groups (broad SMARTS) is 1. The van der Waals surface area contributed by atoms with Crippen molar-refractivity contribution in [3.63, 3.8) is 0 Å². The summed E-state index contributed by atoms with van der Waals surface area (Å²) in [6.07, 6.45) is 0.259. The lowest BCUT2D eigenvalue weighted by molar-refractivity contribution is -0.148. The first-order valence-electron chi connectivity index (χ1n) is 9.97. The van der Waals surface area contributed by atoms with E-state index in [0.717, 1.165) is 16.0 Å². The third kappa shape index (κ3) is 3.08. The van der Waals surface area contributed by atoms with Gasteiger partial charge in [-0.3, -0.25) is 4.79 Å². The van der Waals surface area contributed by atoms with Gasteiger partial charge in [0.2, 0.25) is 0 Å². The average molecular weight is 420 g/mol. The first-order chi connectivity index (χ1) is 14.6. The molecule has 0 bridgehead atoms. The van der Waals surface area contributed by atoms with Crippen molar-refractivity contribution < 1.29 is 19.4 Å². The normalized spacial score (nSPS) is 21.9. The molecule has 0 spiro atoms. The van der Waals surface area contributed by atoms with Crippen LogP contribution in [0.2, 0.25) is 0 Å². The van der Waals surface area contributed by atoms with E-state index in [2.05, 4.69) is 29.6 Å². The van der Waals surface area contributed by atoms with Gasteiger partial charge in [-0.05, 0) is 46.5 Å². The third-order valence-corrected chi connectivity index (χ3v) is 7.29. The number of nitrogens with one attached hydrogen (secondary N) is 1. The molecule has 5 rings (SSSR count). The fraction of sp³-hybridized carbons (Fsp3) is 0.250. The van der Waals surface area contributed by atoms with Crippen LogP contribution in [0.3, 0.4) is 0 Å². The second-order valence-corrected chi connectivity index (χ2v) is 8.90. The van der Waals surface area contributed by atoms with E-state index in [-0.39, 0.29) is 12.5 Å². The maximum Gasteiger partial charge on any atom is 0.407 e. The number of hydrogen-bond donors (Lipinski definition) is 2. The maximum absolute atomic E-state index is 12.7. The molecule has 5 nitrogen and oxygen atoms in total. The number of benzene rings is 2. The zero-order chi connectivity index (χ0) is 20.7. The van der Waals surface area contributed by atoms with Crippen LogP contribution in [0.5, 0.6) is 0 Å². The van der Waals surface area contributed by atoms with Gasteiger partial charge in [0.25, 0.3) is 0 Å². The number of carbonyl (C=O) groups excluding carboxylic acids is 1. The highest BCUT2D eigenvalue weighted by atomic mass is 32.1. The Balaban J connectivity index is 1.31. The molecule has 2 aromatic carbocycles. The molecule has 2 N–H and O–H groups in total. The number of carboxylic acids is 1. The van der Waals surface area contributed by atoms with Crippen LogP contribution >= 0.6 is 11.3 Å². The molecule has 3 aromatic rings. The van der Waals surface area contributed by atoms with Crippen molar-refractivity contribution in [1.29, 1.82) is 0 Å². The summed E-state index contributed by atoms with van der Waals surface area (Å²) in [7, 11) is 0. The molecule has 1 amide bonds. The number of thiophene rings is 1. The largest absolute Gasteiger partial charge is 0.481 e. The van der Waals surface area contributed by atoms with Crippen molar-refractivity contribution in [1.82, 2.24) is 5.32 Å². The van der Waals surface area contributed by atoms with Gasteiger partial charge in [0.05, 0.1) is 11.5 Å². The molecule has 2 aliphatic carbocycles. The van der Waals surface area contributed by atoms with Gasteiger partial charge in [-0.1, -0.05) is 54.6 Å². The maximum atomic E-state index is 12.7. The fourth-order valence-electron chi connectivity index (χ4n) is 4.70. The molecule has 30 heavy (non-hydrogen) atoms. The summed E-state index contributed by atoms with van der Waals surface area (Å²) in [5.74, 6) is -1.27. The quantitative estimate of drug-likeness (QED) is 0.612. The van der Waals surface area contributed by atoms with Crippen LogP contribution in [0.15, 0.2) is 66.0 Å². The van der Waals surface area contributed by atoms with E-state index in [1.54, 1.807) is 0 Å². The zero-order valence-electron chi connectivity index (χ0n) is 16.2. The Labute approximate surface area is 178 Å². The molecular weight excluding hydrogens is 398 g/mol. The van der Waals surface area contributed by atoms with Crippen LogP contribution in [0.4, 0.5) is 4.79 Å². The van der Waals surface area contributed by atoms with Gasteiger partial charge < -0.3 is 15.2 Å². The van der Waals surface area contributed by atoms with Crippen LogP contribution in [-0.4, -0.2) is 23.8 Å². The van der Waals surface area contributed by atoms with Crippen LogP contribution < -0.4 is 5.32 Å². The van der Waals surface area contributed by atoms with E-state index in [0.29, 0.717) is 12.8 Å². The molecule has 0 radical (unpaired) electrons. The van der Waals surface area contributed by atoms with E-state index in [9.17, 15) is 14.7 Å². The number of amides is 1. The second kappa shape index (κ2) is 7.29. The van der Waals surface area contributed by atoms with Crippen LogP contribution in [0, 0.1) is 5.92 Å². The van der Waals surface area contributed by atoms with E-state index in [4.69, 9.17) is 4.74 Å². The Morgan fingerprint density at radius 3 is 2.20 bits per heavy atom. The smallest absolute Gasteiger partial charge is 0.407 e. The van der Waals surface area contributed by atoms with Gasteiger partial charge in [0.15, 0.2) is 0 Å². The first kappa shape index (κ1) is 18.9. The van der Waals surface area contributed by atoms with Crippen LogP contribution in [0.25, 0.3) is 11.1 Å². The Morgan fingerprint density at radius 1 is 1.00 bits per heavy atom. The van der Waals surface area contributed by atoms with Gasteiger partial charge in [-0.15, -0.1) is 11.3 Å². The van der Waals surface area contributed by atoms with Crippen molar-refractivity contribution in [3.05, 3.63) is 82.0 Å². The zero-order valence-corrected chi connectivity index (χ0v) is 17.0. The first-order valence-corrected chi connectivity index (χ1v) is 10.9. The summed E-state index contributed by atoms with van der Waals surface area (Å²) < 4.78 is 5.67. The Morgan fingerprint density at radius 2 is 1.63 bits per heavy atom. The minimum Gasteiger partial charge on any atom is -0.481 e. The molecule has 1 heterocycles. The number of aliphatic carboxylic acids is 1. The molecule has 0 atom stereocenters. The second-order valence-electron chi connectivity index (χ2n) is 7.95. The van der Waals surface area contributed by atoms with E-state index < -0.39 is 23.5 Å². The summed E-state index contributed by atoms with van der Waals surface area (Å²) in [6.45, 7) is 0.239. The molecule has 1 saturated carbocycles. The topological polar surface area (TPSA) is 75.6 Å². The summed E-state index contributed by atoms with van der Waals surface area (Å²) in [6, 6.07) is 20.3. The molecule has 0 aliphatic heterocycles. The van der Waals surface area contributed by atoms with E-state index >= 15 is 0 Å². The number of fused-ring (bicyclic) bond motifs is 3. The molecule has 0 saturated heterocycles. The van der Waals surface area contributed by atoms with Crippen LogP contribution in [-0.2, 0) is 15.1 Å². The number of rotatable bonds is 5. The molecule has 6 heteroatoms. The highest BCUT2D eigenvalue weighted by Crippen LogP contribution is 2.48. The highest BCUT2D eigenvalue weighted by molar-refractivity contribution is 7.10. The molecule has 2 aliphatic rings. The predicted octanol–water partition coefficient (Wildman–Crippen LogP) is 4.98. The molecular formula is C24H21NO4S. The number of hydrogen-bond acceptors (Lipinski definition) is 4. The van der Waals surface area contributed by atoms with Crippen molar-refractivity contribution >= 4 is 23.4 Å². The highest BCUT2D eigenvalue weighted by Gasteiger charge is 2.50. The van der Waals surface area contributed by atoms with Crippen LogP contribution in [0.1, 0.15) is 34.8 Å². The summed E-state index contributed by atoms with van der Waals surface area (Å²) in [5, 5.41) is 14.2. The van der Waals surface area contributed by atoms with E-state index in [1.165, 1.54) is 22.5 Å². The van der Waals surface area contributed by atoms with Gasteiger partial charge in [-0.25, -0.2) is 4.79 Å². The van der Waals surface area contributed by atoms with E-state index in [1.807, 2.05) is 41.8 Å². The predicted molar refractivity (Wildman–Crippen MR) is 115 cm³/mol. The number of ether oxygens (including phenoxy) is 1. The summed E-state index contributed by atoms with van der Waals surface area (Å²) in [5.41, 5.74) is 4.03. The van der Waals surface area contributed by atoms with Crippen molar-refractivity contribution in [2.45, 2.75) is 24.3 Å². The Hall–Kier alpha value is -3.12. The lowest BCUT2D eigenvalue weighted by Crippen LogP contribution is -2.56. The molecule has 0 unspecified atom stereocenters. The lowest BCUT2D eigenvalue weighted by atomic mass is 9.67. The SMILES string of the molecule is O=C(NC1(c2cccs2)CC(C(=O)O)C1)OCC1c2ccccc2-c2ccccc21. The third-order valence-electron chi connectivity index (χ3n) is 6.22. The van der Waals surface area contributed by atoms with Crippen molar-refractivity contribution in [2.24, 2.45) is 5.92 Å². The number of alkyl carbamates (subject to hydrolysis) is 1. The standard InChI is InChI=1S/C24H21NO4S/c26-22(27)15-12-24(13-15,21-10-5-11-30-21)25-23(28)29-14-20-18-8-3-1-6-16(18)17-7-2-4-9-19(17)20/h1-11,15,20H,12-14H2,(H,25,28)(H,26,27). The molecule has 1 aromatic heterocycles. The van der Waals surface area contributed by atoms with Gasteiger partial charge in [0, 0.05) is 10.8 Å². The summed E-state index contributed by atoms with van der Waals surface area (Å²) >= 11 is 1.52. The fourth-order valence-corrected chi connectivity index (χ4v) is 5.61. The molecule has 152 valence electrons. The average Bonchev–Trinajstić information content (AvgIpc) is 3.36.